The highest BCUT2D eigenvalue weighted by atomic mass is 16.6. The molecule has 12 heteroatoms. The van der Waals surface area contributed by atoms with Gasteiger partial charge in [0, 0.05) is 22.6 Å². The summed E-state index contributed by atoms with van der Waals surface area (Å²) in [6.45, 7) is 7.95. The van der Waals surface area contributed by atoms with E-state index in [9.17, 15) is 29.4 Å². The van der Waals surface area contributed by atoms with Gasteiger partial charge in [0.05, 0.1) is 11.1 Å². The molecule has 5 N–H and O–H groups in total. The molecule has 3 atom stereocenters. The van der Waals surface area contributed by atoms with Crippen molar-refractivity contribution in [3.05, 3.63) is 78.4 Å². The lowest BCUT2D eigenvalue weighted by Gasteiger charge is -2.23. The van der Waals surface area contributed by atoms with E-state index in [0.717, 1.165) is 5.56 Å². The van der Waals surface area contributed by atoms with Crippen LogP contribution in [-0.2, 0) is 25.5 Å². The Kier molecular flexibility index (Phi) is 10.2. The van der Waals surface area contributed by atoms with Gasteiger partial charge in [-0.1, -0.05) is 66.7 Å². The van der Waals surface area contributed by atoms with Crippen molar-refractivity contribution < 1.29 is 34.1 Å². The van der Waals surface area contributed by atoms with Crippen molar-refractivity contribution in [3.8, 4) is 11.5 Å². The Morgan fingerprint density at radius 2 is 1.30 bits per heavy atom. The lowest BCUT2D eigenvalue weighted by molar-refractivity contribution is -0.131. The van der Waals surface area contributed by atoms with Gasteiger partial charge in [-0.3, -0.25) is 14.4 Å². The molecule has 0 saturated carbocycles. The van der Waals surface area contributed by atoms with Gasteiger partial charge in [0.25, 0.3) is 5.91 Å². The number of amides is 4. The Balaban J connectivity index is 1.53. The molecule has 0 aliphatic rings. The molecule has 0 unspecified atom stereocenters. The first-order valence-corrected chi connectivity index (χ1v) is 14.7. The van der Waals surface area contributed by atoms with Crippen LogP contribution in [0.25, 0.3) is 21.5 Å². The SMILES string of the molecule is C[C@H](NC(=O)OC(C)(C)C)C(=O)N[C@@H](C)C(=O)N[C@H](Cc1ccccc1)C(=O)N=Nc1cccc2c(O)c3ccccc3c(O)c12. The number of phenolic OH excluding ortho intramolecular Hbond substituents is 2. The first kappa shape index (κ1) is 33.4. The number of nitrogens with one attached hydrogen (secondary N) is 3. The normalized spacial score (nSPS) is 13.6. The first-order chi connectivity index (χ1) is 21.7. The second-order valence-corrected chi connectivity index (χ2v) is 11.8. The van der Waals surface area contributed by atoms with Gasteiger partial charge in [0.1, 0.15) is 35.2 Å². The van der Waals surface area contributed by atoms with Crippen LogP contribution in [0.1, 0.15) is 40.2 Å². The molecule has 12 nitrogen and oxygen atoms in total. The first-order valence-electron chi connectivity index (χ1n) is 14.7. The molecule has 240 valence electrons. The fraction of sp³-hybridized carbons (Fsp3) is 0.294. The summed E-state index contributed by atoms with van der Waals surface area (Å²) >= 11 is 0. The second kappa shape index (κ2) is 14.1. The van der Waals surface area contributed by atoms with Crippen molar-refractivity contribution in [2.24, 2.45) is 10.2 Å². The van der Waals surface area contributed by atoms with Crippen LogP contribution >= 0.6 is 0 Å². The molecule has 4 rings (SSSR count). The molecule has 0 heterocycles. The fourth-order valence-corrected chi connectivity index (χ4v) is 4.72. The van der Waals surface area contributed by atoms with Crippen molar-refractivity contribution in [3.63, 3.8) is 0 Å². The summed E-state index contributed by atoms with van der Waals surface area (Å²) in [4.78, 5) is 51.3. The number of hydrogen-bond acceptors (Lipinski definition) is 8. The summed E-state index contributed by atoms with van der Waals surface area (Å²) in [6, 6.07) is 17.3. The van der Waals surface area contributed by atoms with Crippen LogP contribution in [0.5, 0.6) is 11.5 Å². The van der Waals surface area contributed by atoms with Crippen molar-refractivity contribution in [2.45, 2.75) is 64.8 Å². The number of azo groups is 1. The number of carbonyl (C=O) groups is 4. The average molecular weight is 628 g/mol. The van der Waals surface area contributed by atoms with E-state index in [2.05, 4.69) is 26.2 Å². The number of phenols is 2. The molecule has 46 heavy (non-hydrogen) atoms. The van der Waals surface area contributed by atoms with E-state index < -0.39 is 47.5 Å². The number of hydrogen-bond donors (Lipinski definition) is 5. The van der Waals surface area contributed by atoms with Crippen LogP contribution in [0.4, 0.5) is 10.5 Å². The van der Waals surface area contributed by atoms with Gasteiger partial charge in [-0.2, -0.15) is 0 Å². The third-order valence-electron chi connectivity index (χ3n) is 7.00. The third-order valence-corrected chi connectivity index (χ3v) is 7.00. The molecule has 4 aromatic rings. The van der Waals surface area contributed by atoms with Crippen molar-refractivity contribution in [1.29, 1.82) is 0 Å². The minimum Gasteiger partial charge on any atom is -0.507 e. The van der Waals surface area contributed by atoms with Crippen LogP contribution in [0, 0.1) is 0 Å². The van der Waals surface area contributed by atoms with Crippen LogP contribution in [0.15, 0.2) is 83.0 Å². The standard InChI is InChI=1S/C34H37N5O7/c1-19(35-30(42)20(2)36-33(45)46-34(3,4)5)31(43)37-26(18-21-12-7-6-8-13-21)32(44)39-38-25-17-11-16-24-27(25)29(41)23-15-10-9-14-22(23)28(24)40/h6-17,19-20,26,40-41H,18H2,1-5H3,(H,35,42)(H,36,45)(H,37,43)/t19-,20-,26+/m0/s1. The number of benzene rings is 4. The predicted molar refractivity (Wildman–Crippen MR) is 173 cm³/mol. The van der Waals surface area contributed by atoms with Gasteiger partial charge in [-0.15, -0.1) is 10.2 Å². The van der Waals surface area contributed by atoms with Crippen molar-refractivity contribution in [1.82, 2.24) is 16.0 Å². The van der Waals surface area contributed by atoms with E-state index in [1.54, 1.807) is 87.5 Å². The molecule has 0 aromatic heterocycles. The van der Waals surface area contributed by atoms with Gasteiger partial charge in [0.15, 0.2) is 0 Å². The van der Waals surface area contributed by atoms with Gasteiger partial charge in [0.2, 0.25) is 11.8 Å². The minimum atomic E-state index is -1.16. The Morgan fingerprint density at radius 1 is 0.739 bits per heavy atom. The number of alkyl carbamates (subject to hydrolysis) is 1. The Bertz CT molecular complexity index is 1800. The minimum absolute atomic E-state index is 0.0485. The summed E-state index contributed by atoms with van der Waals surface area (Å²) in [6.07, 6.45) is -0.706. The van der Waals surface area contributed by atoms with E-state index in [1.165, 1.54) is 13.8 Å². The number of nitrogens with zero attached hydrogens (tertiary/aromatic N) is 2. The highest BCUT2D eigenvalue weighted by Crippen LogP contribution is 2.45. The van der Waals surface area contributed by atoms with Crippen molar-refractivity contribution in [2.75, 3.05) is 0 Å². The Labute approximate surface area is 265 Å². The topological polar surface area (TPSA) is 179 Å². The molecule has 0 radical (unpaired) electrons. The average Bonchev–Trinajstić information content (AvgIpc) is 3.01. The molecular formula is C34H37N5O7. The molecule has 0 aliphatic carbocycles. The van der Waals surface area contributed by atoms with Gasteiger partial charge in [-0.25, -0.2) is 4.79 Å². The second-order valence-electron chi connectivity index (χ2n) is 11.8. The molecular weight excluding hydrogens is 590 g/mol. The van der Waals surface area contributed by atoms with E-state index in [0.29, 0.717) is 16.2 Å². The van der Waals surface area contributed by atoms with Gasteiger partial charge in [-0.05, 0) is 46.2 Å². The van der Waals surface area contributed by atoms with E-state index in [4.69, 9.17) is 4.74 Å². The fourth-order valence-electron chi connectivity index (χ4n) is 4.72. The zero-order chi connectivity index (χ0) is 33.6. The summed E-state index contributed by atoms with van der Waals surface area (Å²) in [7, 11) is 0. The quantitative estimate of drug-likeness (QED) is 0.0966. The van der Waals surface area contributed by atoms with Gasteiger partial charge < -0.3 is 30.9 Å². The molecule has 0 aliphatic heterocycles. The lowest BCUT2D eigenvalue weighted by Crippen LogP contribution is -2.54. The maximum absolute atomic E-state index is 13.4. The molecule has 4 aromatic carbocycles. The Morgan fingerprint density at radius 3 is 1.96 bits per heavy atom. The maximum Gasteiger partial charge on any atom is 0.408 e. The highest BCUT2D eigenvalue weighted by molar-refractivity contribution is 6.14. The molecule has 4 amide bonds. The molecule has 0 spiro atoms. The maximum atomic E-state index is 13.4. The number of ether oxygens (including phenoxy) is 1. The predicted octanol–water partition coefficient (Wildman–Crippen LogP) is 5.16. The largest absolute Gasteiger partial charge is 0.507 e. The lowest BCUT2D eigenvalue weighted by atomic mass is 9.99. The van der Waals surface area contributed by atoms with Crippen molar-refractivity contribution >= 4 is 51.0 Å². The summed E-state index contributed by atoms with van der Waals surface area (Å²) < 4.78 is 5.16. The highest BCUT2D eigenvalue weighted by Gasteiger charge is 2.27. The Hall–Kier alpha value is -5.52. The summed E-state index contributed by atoms with van der Waals surface area (Å²) in [5.41, 5.74) is 0.124. The summed E-state index contributed by atoms with van der Waals surface area (Å²) in [5, 5.41) is 38.9. The molecule has 0 bridgehead atoms. The number of fused-ring (bicyclic) bond motifs is 2. The summed E-state index contributed by atoms with van der Waals surface area (Å²) in [5.74, 6) is -2.25. The van der Waals surface area contributed by atoms with E-state index in [-0.39, 0.29) is 29.0 Å². The smallest absolute Gasteiger partial charge is 0.408 e. The van der Waals surface area contributed by atoms with Gasteiger partial charge >= 0.3 is 6.09 Å². The van der Waals surface area contributed by atoms with Crippen LogP contribution < -0.4 is 16.0 Å². The monoisotopic (exact) mass is 627 g/mol. The third kappa shape index (κ3) is 8.14. The number of carbonyl (C=O) groups excluding carboxylic acids is 4. The van der Waals surface area contributed by atoms with E-state index in [1.807, 2.05) is 6.07 Å². The zero-order valence-corrected chi connectivity index (χ0v) is 26.2. The van der Waals surface area contributed by atoms with Crippen LogP contribution in [0.2, 0.25) is 0 Å². The zero-order valence-electron chi connectivity index (χ0n) is 26.2. The van der Waals surface area contributed by atoms with Crippen LogP contribution in [-0.4, -0.2) is 57.8 Å². The van der Waals surface area contributed by atoms with E-state index >= 15 is 0 Å². The van der Waals surface area contributed by atoms with Crippen LogP contribution in [0.3, 0.4) is 0 Å². The number of aromatic hydroxyl groups is 2. The molecule has 0 fully saturated rings. The molecule has 0 saturated heterocycles. The number of rotatable bonds is 9.